The summed E-state index contributed by atoms with van der Waals surface area (Å²) in [5.41, 5.74) is 10.1. The lowest BCUT2D eigenvalue weighted by Gasteiger charge is -2.01. The lowest BCUT2D eigenvalue weighted by Crippen LogP contribution is -1.87. The number of nitrogens with zero attached hydrogens (tertiary/aromatic N) is 2. The number of aromatic nitrogens is 1. The Morgan fingerprint density at radius 2 is 2.28 bits per heavy atom. The van der Waals surface area contributed by atoms with E-state index in [1.54, 1.807) is 0 Å². The topological polar surface area (TPSA) is 62.7 Å². The fraction of sp³-hybridized carbons (Fsp3) is 0.286. The minimum atomic E-state index is 0.445. The highest BCUT2D eigenvalue weighted by Gasteiger charge is 2.13. The molecule has 0 radical (unpaired) electrons. The summed E-state index contributed by atoms with van der Waals surface area (Å²) in [4.78, 5) is 4.84. The van der Waals surface area contributed by atoms with Crippen molar-refractivity contribution in [1.29, 1.82) is 5.26 Å². The van der Waals surface area contributed by atoms with Crippen molar-refractivity contribution in [3.8, 4) is 6.07 Å². The van der Waals surface area contributed by atoms with Crippen LogP contribution in [0.4, 0.5) is 5.13 Å². The summed E-state index contributed by atoms with van der Waals surface area (Å²) in [5, 5.41) is 9.53. The van der Waals surface area contributed by atoms with Gasteiger partial charge in [0.1, 0.15) is 16.6 Å². The van der Waals surface area contributed by atoms with Gasteiger partial charge in [0.05, 0.1) is 0 Å². The summed E-state index contributed by atoms with van der Waals surface area (Å²) in [6.07, 6.45) is 8.19. The molecule has 0 saturated carbocycles. The predicted octanol–water partition coefficient (Wildman–Crippen LogP) is 3.67. The normalized spacial score (nSPS) is 15.3. The number of thiazole rings is 1. The molecule has 0 amide bonds. The standard InChI is InChI=1S/C14H15N3S/c1-3-10-6-7-11(5-4-9(10)2)13-12(8-15)18-14(16)17-13/h4-5,7H,3,6H2,1-2H3,(H2,16,17). The van der Waals surface area contributed by atoms with E-state index in [2.05, 4.69) is 37.1 Å². The van der Waals surface area contributed by atoms with Gasteiger partial charge in [-0.15, -0.1) is 0 Å². The summed E-state index contributed by atoms with van der Waals surface area (Å²) in [6, 6.07) is 2.16. The molecule has 2 N–H and O–H groups in total. The fourth-order valence-corrected chi connectivity index (χ4v) is 2.65. The van der Waals surface area contributed by atoms with Crippen molar-refractivity contribution in [3.63, 3.8) is 0 Å². The lowest BCUT2D eigenvalue weighted by atomic mass is 10.0. The van der Waals surface area contributed by atoms with Crippen LogP contribution in [0, 0.1) is 11.3 Å². The van der Waals surface area contributed by atoms with Crippen molar-refractivity contribution < 1.29 is 0 Å². The molecule has 1 heterocycles. The van der Waals surface area contributed by atoms with Crippen molar-refractivity contribution in [2.45, 2.75) is 26.7 Å². The Bertz CT molecular complexity index is 597. The first-order valence-electron chi connectivity index (χ1n) is 5.89. The Morgan fingerprint density at radius 1 is 1.50 bits per heavy atom. The highest BCUT2D eigenvalue weighted by Crippen LogP contribution is 2.30. The Labute approximate surface area is 111 Å². The highest BCUT2D eigenvalue weighted by molar-refractivity contribution is 7.16. The predicted molar refractivity (Wildman–Crippen MR) is 76.0 cm³/mol. The van der Waals surface area contributed by atoms with E-state index in [0.29, 0.717) is 15.7 Å². The molecule has 0 spiro atoms. The van der Waals surface area contributed by atoms with E-state index in [4.69, 9.17) is 11.0 Å². The largest absolute Gasteiger partial charge is 0.375 e. The van der Waals surface area contributed by atoms with Gasteiger partial charge < -0.3 is 5.73 Å². The highest BCUT2D eigenvalue weighted by atomic mass is 32.1. The molecule has 92 valence electrons. The van der Waals surface area contributed by atoms with Crippen LogP contribution in [0.5, 0.6) is 0 Å². The molecule has 0 bridgehead atoms. The van der Waals surface area contributed by atoms with Gasteiger partial charge in [-0.1, -0.05) is 47.6 Å². The molecule has 1 aromatic rings. The molecule has 0 atom stereocenters. The van der Waals surface area contributed by atoms with Crippen LogP contribution in [0.1, 0.15) is 37.3 Å². The van der Waals surface area contributed by atoms with Gasteiger partial charge in [-0.25, -0.2) is 4.98 Å². The van der Waals surface area contributed by atoms with E-state index in [9.17, 15) is 0 Å². The fourth-order valence-electron chi connectivity index (χ4n) is 2.00. The van der Waals surface area contributed by atoms with Gasteiger partial charge in [0, 0.05) is 0 Å². The molecule has 3 nitrogen and oxygen atoms in total. The van der Waals surface area contributed by atoms with Crippen LogP contribution < -0.4 is 5.73 Å². The third kappa shape index (κ3) is 2.36. The number of anilines is 1. The molecule has 0 fully saturated rings. The third-order valence-electron chi connectivity index (χ3n) is 3.08. The maximum Gasteiger partial charge on any atom is 0.181 e. The van der Waals surface area contributed by atoms with E-state index >= 15 is 0 Å². The van der Waals surface area contributed by atoms with Crippen molar-refractivity contribution in [1.82, 2.24) is 4.98 Å². The number of nitrogen functional groups attached to an aromatic ring is 1. The van der Waals surface area contributed by atoms with Gasteiger partial charge in [-0.3, -0.25) is 0 Å². The van der Waals surface area contributed by atoms with Crippen LogP contribution in [0.3, 0.4) is 0 Å². The molecule has 0 aliphatic heterocycles. The minimum Gasteiger partial charge on any atom is -0.375 e. The van der Waals surface area contributed by atoms with Crippen LogP contribution in [0.15, 0.2) is 29.4 Å². The zero-order valence-corrected chi connectivity index (χ0v) is 11.3. The second-order valence-electron chi connectivity index (χ2n) is 4.18. The lowest BCUT2D eigenvalue weighted by molar-refractivity contribution is 1.01. The summed E-state index contributed by atoms with van der Waals surface area (Å²) in [7, 11) is 0. The Kier molecular flexibility index (Phi) is 3.63. The van der Waals surface area contributed by atoms with Crippen LogP contribution in [0.25, 0.3) is 5.57 Å². The zero-order chi connectivity index (χ0) is 13.1. The molecule has 0 aromatic carbocycles. The molecule has 2 rings (SSSR count). The average molecular weight is 257 g/mol. The van der Waals surface area contributed by atoms with Crippen molar-refractivity contribution in [2.24, 2.45) is 0 Å². The van der Waals surface area contributed by atoms with Gasteiger partial charge in [-0.2, -0.15) is 5.26 Å². The van der Waals surface area contributed by atoms with E-state index in [1.165, 1.54) is 22.5 Å². The maximum absolute atomic E-state index is 9.09. The molecular formula is C14H15N3S. The molecule has 1 aliphatic rings. The molecule has 0 saturated heterocycles. The molecular weight excluding hydrogens is 242 g/mol. The molecule has 0 unspecified atom stereocenters. The van der Waals surface area contributed by atoms with Crippen LogP contribution >= 0.6 is 11.3 Å². The summed E-state index contributed by atoms with van der Waals surface area (Å²) in [5.74, 6) is 0. The second kappa shape index (κ2) is 5.19. The molecule has 1 aliphatic carbocycles. The van der Waals surface area contributed by atoms with Crippen molar-refractivity contribution in [3.05, 3.63) is 39.9 Å². The van der Waals surface area contributed by atoms with E-state index in [-0.39, 0.29) is 0 Å². The number of nitriles is 1. The van der Waals surface area contributed by atoms with Gasteiger partial charge in [0.25, 0.3) is 0 Å². The molecule has 18 heavy (non-hydrogen) atoms. The zero-order valence-electron chi connectivity index (χ0n) is 10.5. The van der Waals surface area contributed by atoms with E-state index < -0.39 is 0 Å². The Morgan fingerprint density at radius 3 is 2.94 bits per heavy atom. The first kappa shape index (κ1) is 12.6. The van der Waals surface area contributed by atoms with Gasteiger partial charge in [0.15, 0.2) is 5.13 Å². The molecule has 1 aromatic heterocycles. The Balaban J connectivity index is 2.40. The summed E-state index contributed by atoms with van der Waals surface area (Å²) < 4.78 is 0. The van der Waals surface area contributed by atoms with Crippen LogP contribution in [0.2, 0.25) is 0 Å². The average Bonchev–Trinajstić information content (AvgIpc) is 2.63. The van der Waals surface area contributed by atoms with Crippen molar-refractivity contribution in [2.75, 3.05) is 5.73 Å². The summed E-state index contributed by atoms with van der Waals surface area (Å²) >= 11 is 1.24. The summed E-state index contributed by atoms with van der Waals surface area (Å²) in [6.45, 7) is 4.28. The number of nitrogens with two attached hydrogens (primary N) is 1. The van der Waals surface area contributed by atoms with E-state index in [1.807, 2.05) is 6.08 Å². The van der Waals surface area contributed by atoms with Gasteiger partial charge in [0.2, 0.25) is 0 Å². The number of hydrogen-bond donors (Lipinski definition) is 1. The van der Waals surface area contributed by atoms with Crippen molar-refractivity contribution >= 4 is 22.0 Å². The SMILES string of the molecule is CCC1=C(C)C=CC(c2nc(N)sc2C#N)=CC1. The van der Waals surface area contributed by atoms with Crippen LogP contribution in [-0.2, 0) is 0 Å². The van der Waals surface area contributed by atoms with E-state index in [0.717, 1.165) is 18.4 Å². The quantitative estimate of drug-likeness (QED) is 0.879. The number of rotatable bonds is 2. The smallest absolute Gasteiger partial charge is 0.181 e. The monoisotopic (exact) mass is 257 g/mol. The number of hydrogen-bond acceptors (Lipinski definition) is 4. The first-order valence-corrected chi connectivity index (χ1v) is 6.71. The third-order valence-corrected chi connectivity index (χ3v) is 3.87. The maximum atomic E-state index is 9.09. The van der Waals surface area contributed by atoms with Gasteiger partial charge in [-0.05, 0) is 25.3 Å². The number of allylic oxidation sites excluding steroid dienone is 6. The second-order valence-corrected chi connectivity index (χ2v) is 5.21. The molecule has 4 heteroatoms. The van der Waals surface area contributed by atoms with Gasteiger partial charge >= 0.3 is 0 Å². The first-order chi connectivity index (χ1) is 8.65. The van der Waals surface area contributed by atoms with Crippen LogP contribution in [-0.4, -0.2) is 4.98 Å². The Hall–Kier alpha value is -1.86. The minimum absolute atomic E-state index is 0.445.